The zero-order valence-corrected chi connectivity index (χ0v) is 9.07. The molecule has 0 fully saturated rings. The smallest absolute Gasteiger partial charge is 0.321 e. The number of esters is 1. The van der Waals surface area contributed by atoms with Crippen LogP contribution in [0, 0.1) is 0 Å². The minimum Gasteiger partial charge on any atom is -0.481 e. The first-order valence-corrected chi connectivity index (χ1v) is 5.23. The molecule has 0 bridgehead atoms. The van der Waals surface area contributed by atoms with Gasteiger partial charge in [-0.25, -0.2) is 0 Å². The van der Waals surface area contributed by atoms with E-state index in [2.05, 4.69) is 11.7 Å². The average molecular weight is 214 g/mol. The Hall–Kier alpha value is -1.32. The van der Waals surface area contributed by atoms with E-state index in [1.54, 1.807) is 6.08 Å². The SMILES string of the molecule is CCCCCCC=COC(=O)CC(=O)O. The second-order valence-corrected chi connectivity index (χ2v) is 3.28. The first kappa shape index (κ1) is 13.7. The number of hydrogen-bond acceptors (Lipinski definition) is 3. The molecule has 0 aliphatic carbocycles. The van der Waals surface area contributed by atoms with Crippen LogP contribution in [-0.4, -0.2) is 17.0 Å². The number of rotatable bonds is 8. The fourth-order valence-electron chi connectivity index (χ4n) is 1.05. The van der Waals surface area contributed by atoms with Gasteiger partial charge in [-0.1, -0.05) is 26.2 Å². The Kier molecular flexibility index (Phi) is 8.43. The average Bonchev–Trinajstić information content (AvgIpc) is 2.15. The van der Waals surface area contributed by atoms with Gasteiger partial charge < -0.3 is 9.84 Å². The molecular weight excluding hydrogens is 196 g/mol. The Morgan fingerprint density at radius 3 is 2.60 bits per heavy atom. The molecule has 4 heteroatoms. The van der Waals surface area contributed by atoms with Crippen molar-refractivity contribution in [3.05, 3.63) is 12.3 Å². The molecular formula is C11H18O4. The molecule has 0 saturated heterocycles. The van der Waals surface area contributed by atoms with Gasteiger partial charge in [-0.2, -0.15) is 0 Å². The van der Waals surface area contributed by atoms with E-state index in [9.17, 15) is 9.59 Å². The molecule has 0 aromatic carbocycles. The van der Waals surface area contributed by atoms with E-state index in [4.69, 9.17) is 5.11 Å². The maximum atomic E-state index is 10.7. The number of carboxylic acid groups (broad SMARTS) is 1. The Bertz CT molecular complexity index is 221. The van der Waals surface area contributed by atoms with E-state index in [1.165, 1.54) is 25.5 Å². The quantitative estimate of drug-likeness (QED) is 0.292. The van der Waals surface area contributed by atoms with Gasteiger partial charge in [-0.15, -0.1) is 0 Å². The summed E-state index contributed by atoms with van der Waals surface area (Å²) in [5, 5.41) is 8.26. The third kappa shape index (κ3) is 10.6. The molecule has 0 heterocycles. The predicted octanol–water partition coefficient (Wildman–Crippen LogP) is 2.49. The lowest BCUT2D eigenvalue weighted by Gasteiger charge is -1.96. The van der Waals surface area contributed by atoms with Gasteiger partial charge in [0.15, 0.2) is 0 Å². The minimum atomic E-state index is -1.17. The molecule has 86 valence electrons. The van der Waals surface area contributed by atoms with E-state index >= 15 is 0 Å². The van der Waals surface area contributed by atoms with Crippen molar-refractivity contribution < 1.29 is 19.4 Å². The van der Waals surface area contributed by atoms with Crippen LogP contribution in [0.25, 0.3) is 0 Å². The molecule has 4 nitrogen and oxygen atoms in total. The molecule has 0 saturated carbocycles. The molecule has 0 aliphatic rings. The lowest BCUT2D eigenvalue weighted by atomic mass is 10.1. The van der Waals surface area contributed by atoms with Crippen molar-refractivity contribution in [2.45, 2.75) is 45.4 Å². The largest absolute Gasteiger partial charge is 0.481 e. The number of hydrogen-bond donors (Lipinski definition) is 1. The lowest BCUT2D eigenvalue weighted by Crippen LogP contribution is -2.07. The van der Waals surface area contributed by atoms with Crippen molar-refractivity contribution in [3.8, 4) is 0 Å². The van der Waals surface area contributed by atoms with Gasteiger partial charge in [0, 0.05) is 0 Å². The molecule has 0 unspecified atom stereocenters. The Morgan fingerprint density at radius 2 is 2.00 bits per heavy atom. The first-order chi connectivity index (χ1) is 7.16. The number of aliphatic carboxylic acids is 1. The van der Waals surface area contributed by atoms with Gasteiger partial charge in [0.05, 0.1) is 6.26 Å². The zero-order chi connectivity index (χ0) is 11.5. The lowest BCUT2D eigenvalue weighted by molar-refractivity contribution is -0.147. The summed E-state index contributed by atoms with van der Waals surface area (Å²) in [4.78, 5) is 20.8. The molecule has 0 amide bonds. The molecule has 0 radical (unpaired) electrons. The van der Waals surface area contributed by atoms with Gasteiger partial charge in [-0.3, -0.25) is 9.59 Å². The Labute approximate surface area is 89.9 Å². The van der Waals surface area contributed by atoms with E-state index < -0.39 is 18.4 Å². The molecule has 0 spiro atoms. The van der Waals surface area contributed by atoms with Crippen LogP contribution in [0.5, 0.6) is 0 Å². The summed E-state index contributed by atoms with van der Waals surface area (Å²) in [5.74, 6) is -1.90. The van der Waals surface area contributed by atoms with Crippen molar-refractivity contribution in [2.75, 3.05) is 0 Å². The highest BCUT2D eigenvalue weighted by Crippen LogP contribution is 2.02. The molecule has 0 aromatic rings. The monoisotopic (exact) mass is 214 g/mol. The summed E-state index contributed by atoms with van der Waals surface area (Å²) in [6.45, 7) is 2.14. The molecule has 0 atom stereocenters. The highest BCUT2D eigenvalue weighted by atomic mass is 16.5. The first-order valence-electron chi connectivity index (χ1n) is 5.23. The standard InChI is InChI=1S/C11H18O4/c1-2-3-4-5-6-7-8-15-11(14)9-10(12)13/h7-8H,2-6,9H2,1H3,(H,12,13). The Morgan fingerprint density at radius 1 is 1.27 bits per heavy atom. The summed E-state index contributed by atoms with van der Waals surface area (Å²) < 4.78 is 4.56. The second-order valence-electron chi connectivity index (χ2n) is 3.28. The summed E-state index contributed by atoms with van der Waals surface area (Å²) in [6, 6.07) is 0. The maximum absolute atomic E-state index is 10.7. The van der Waals surface area contributed by atoms with E-state index in [0.29, 0.717) is 0 Å². The summed E-state index contributed by atoms with van der Waals surface area (Å²) in [7, 11) is 0. The number of ether oxygens (including phenoxy) is 1. The molecule has 0 rings (SSSR count). The van der Waals surface area contributed by atoms with Gasteiger partial charge in [0.25, 0.3) is 0 Å². The number of carboxylic acids is 1. The van der Waals surface area contributed by atoms with Crippen LogP contribution in [0.3, 0.4) is 0 Å². The fraction of sp³-hybridized carbons (Fsp3) is 0.636. The van der Waals surface area contributed by atoms with Crippen LogP contribution in [0.15, 0.2) is 12.3 Å². The highest BCUT2D eigenvalue weighted by Gasteiger charge is 2.06. The number of allylic oxidation sites excluding steroid dienone is 1. The summed E-state index contributed by atoms with van der Waals surface area (Å²) in [6.07, 6.45) is 7.95. The topological polar surface area (TPSA) is 63.6 Å². The summed E-state index contributed by atoms with van der Waals surface area (Å²) >= 11 is 0. The number of carbonyl (C=O) groups excluding carboxylic acids is 1. The molecule has 1 N–H and O–H groups in total. The van der Waals surface area contributed by atoms with E-state index in [0.717, 1.165) is 12.8 Å². The highest BCUT2D eigenvalue weighted by molar-refractivity contribution is 5.90. The third-order valence-electron chi connectivity index (χ3n) is 1.82. The predicted molar refractivity (Wildman–Crippen MR) is 56.2 cm³/mol. The van der Waals surface area contributed by atoms with Crippen molar-refractivity contribution in [3.63, 3.8) is 0 Å². The van der Waals surface area contributed by atoms with Crippen LogP contribution in [0.1, 0.15) is 45.4 Å². The zero-order valence-electron chi connectivity index (χ0n) is 9.07. The second kappa shape index (κ2) is 9.24. The van der Waals surface area contributed by atoms with E-state index in [1.807, 2.05) is 0 Å². The van der Waals surface area contributed by atoms with Crippen molar-refractivity contribution in [1.29, 1.82) is 0 Å². The Balaban J connectivity index is 3.37. The molecule has 15 heavy (non-hydrogen) atoms. The van der Waals surface area contributed by atoms with Gasteiger partial charge in [0.2, 0.25) is 0 Å². The van der Waals surface area contributed by atoms with Gasteiger partial charge in [-0.05, 0) is 18.9 Å². The normalized spacial score (nSPS) is 10.5. The van der Waals surface area contributed by atoms with Gasteiger partial charge >= 0.3 is 11.9 Å². The van der Waals surface area contributed by atoms with Crippen LogP contribution in [-0.2, 0) is 14.3 Å². The maximum Gasteiger partial charge on any atom is 0.321 e. The van der Waals surface area contributed by atoms with Crippen molar-refractivity contribution >= 4 is 11.9 Å². The molecule has 0 aromatic heterocycles. The summed E-state index contributed by atoms with van der Waals surface area (Å²) in [5.41, 5.74) is 0. The fourth-order valence-corrected chi connectivity index (χ4v) is 1.05. The van der Waals surface area contributed by atoms with Crippen molar-refractivity contribution in [1.82, 2.24) is 0 Å². The number of unbranched alkanes of at least 4 members (excludes halogenated alkanes) is 4. The van der Waals surface area contributed by atoms with E-state index in [-0.39, 0.29) is 0 Å². The number of carbonyl (C=O) groups is 2. The third-order valence-corrected chi connectivity index (χ3v) is 1.82. The van der Waals surface area contributed by atoms with Crippen LogP contribution in [0.4, 0.5) is 0 Å². The van der Waals surface area contributed by atoms with Crippen LogP contribution < -0.4 is 0 Å². The minimum absolute atomic E-state index is 0.583. The van der Waals surface area contributed by atoms with Crippen LogP contribution in [0.2, 0.25) is 0 Å². The van der Waals surface area contributed by atoms with Crippen molar-refractivity contribution in [2.24, 2.45) is 0 Å². The molecule has 0 aliphatic heterocycles. The van der Waals surface area contributed by atoms with Gasteiger partial charge in [0.1, 0.15) is 6.42 Å². The van der Waals surface area contributed by atoms with Crippen LogP contribution >= 0.6 is 0 Å².